The summed E-state index contributed by atoms with van der Waals surface area (Å²) in [5.41, 5.74) is 1.81. The van der Waals surface area contributed by atoms with Crippen LogP contribution in [0.3, 0.4) is 0 Å². The van der Waals surface area contributed by atoms with Gasteiger partial charge < -0.3 is 19.7 Å². The summed E-state index contributed by atoms with van der Waals surface area (Å²) in [6, 6.07) is 23.3. The number of carbonyl (C=O) groups excluding carboxylic acids is 2. The third-order valence-corrected chi connectivity index (χ3v) is 6.15. The fraction of sp³-hybridized carbons (Fsp3) is 0.310. The minimum atomic E-state index is -0.733. The second-order valence-electron chi connectivity index (χ2n) is 8.64. The van der Waals surface area contributed by atoms with E-state index in [0.717, 1.165) is 17.5 Å². The van der Waals surface area contributed by atoms with Gasteiger partial charge in [0.05, 0.1) is 7.11 Å². The van der Waals surface area contributed by atoms with Crippen LogP contribution < -0.4 is 14.8 Å². The number of carbonyl (C=O) groups is 2. The number of hydrogen-bond donors (Lipinski definition) is 1. The Morgan fingerprint density at radius 1 is 0.944 bits per heavy atom. The zero-order valence-corrected chi connectivity index (χ0v) is 21.7. The monoisotopic (exact) mass is 508 g/mol. The Morgan fingerprint density at radius 2 is 1.64 bits per heavy atom. The van der Waals surface area contributed by atoms with Crippen LogP contribution in [-0.4, -0.2) is 42.5 Å². The summed E-state index contributed by atoms with van der Waals surface area (Å²) in [6.07, 6.45) is 1.15. The van der Waals surface area contributed by atoms with E-state index in [1.807, 2.05) is 68.4 Å². The van der Waals surface area contributed by atoms with E-state index in [9.17, 15) is 9.59 Å². The molecule has 0 unspecified atom stereocenters. The topological polar surface area (TPSA) is 67.9 Å². The van der Waals surface area contributed by atoms with E-state index in [1.54, 1.807) is 36.3 Å². The van der Waals surface area contributed by atoms with Gasteiger partial charge in [-0.05, 0) is 54.8 Å². The molecule has 7 heteroatoms. The van der Waals surface area contributed by atoms with Gasteiger partial charge in [0, 0.05) is 24.0 Å². The SMILES string of the molecule is CC[C@H](C)NC(=O)[C@@H](Cc1ccccc1)N(Cc1cccc(OC)c1)C(=O)COc1cccc(Cl)c1. The zero-order valence-electron chi connectivity index (χ0n) is 20.9. The van der Waals surface area contributed by atoms with Gasteiger partial charge in [0.1, 0.15) is 17.5 Å². The van der Waals surface area contributed by atoms with Crippen molar-refractivity contribution in [1.29, 1.82) is 0 Å². The van der Waals surface area contributed by atoms with Gasteiger partial charge in [-0.2, -0.15) is 0 Å². The molecule has 1 N–H and O–H groups in total. The standard InChI is InChI=1S/C29H33ClN2O4/c1-4-21(2)31-29(34)27(17-22-10-6-5-7-11-22)32(19-23-12-8-14-25(16-23)35-3)28(33)20-36-26-15-9-13-24(30)18-26/h5-16,18,21,27H,4,17,19-20H2,1-3H3,(H,31,34)/t21-,27+/m0/s1. The molecule has 6 nitrogen and oxygen atoms in total. The maximum absolute atomic E-state index is 13.6. The molecule has 0 aliphatic carbocycles. The highest BCUT2D eigenvalue weighted by molar-refractivity contribution is 6.30. The summed E-state index contributed by atoms with van der Waals surface area (Å²) in [5, 5.41) is 3.58. The predicted molar refractivity (Wildman–Crippen MR) is 142 cm³/mol. The molecule has 0 aliphatic heterocycles. The molecule has 3 aromatic rings. The predicted octanol–water partition coefficient (Wildman–Crippen LogP) is 5.28. The van der Waals surface area contributed by atoms with Crippen LogP contribution in [0.4, 0.5) is 0 Å². The van der Waals surface area contributed by atoms with Crippen molar-refractivity contribution in [2.75, 3.05) is 13.7 Å². The van der Waals surface area contributed by atoms with Crippen LogP contribution in [0.25, 0.3) is 0 Å². The fourth-order valence-corrected chi connectivity index (χ4v) is 3.93. The van der Waals surface area contributed by atoms with Crippen LogP contribution in [0.2, 0.25) is 5.02 Å². The minimum absolute atomic E-state index is 0.0211. The molecular weight excluding hydrogens is 476 g/mol. The van der Waals surface area contributed by atoms with Crippen LogP contribution in [0.1, 0.15) is 31.4 Å². The largest absolute Gasteiger partial charge is 0.497 e. The van der Waals surface area contributed by atoms with Gasteiger partial charge in [0.15, 0.2) is 6.61 Å². The Hall–Kier alpha value is -3.51. The number of nitrogens with zero attached hydrogens (tertiary/aromatic N) is 1. The molecule has 0 radical (unpaired) electrons. The maximum atomic E-state index is 13.6. The Bertz CT molecular complexity index is 1140. The van der Waals surface area contributed by atoms with Crippen molar-refractivity contribution in [2.24, 2.45) is 0 Å². The summed E-state index contributed by atoms with van der Waals surface area (Å²) >= 11 is 6.06. The third-order valence-electron chi connectivity index (χ3n) is 5.92. The van der Waals surface area contributed by atoms with Crippen LogP contribution in [0.15, 0.2) is 78.9 Å². The van der Waals surface area contributed by atoms with Crippen LogP contribution >= 0.6 is 11.6 Å². The Morgan fingerprint density at radius 3 is 2.33 bits per heavy atom. The Labute approximate surface area is 218 Å². The lowest BCUT2D eigenvalue weighted by atomic mass is 10.0. The van der Waals surface area contributed by atoms with Crippen LogP contribution in [0.5, 0.6) is 11.5 Å². The highest BCUT2D eigenvalue weighted by Gasteiger charge is 2.31. The maximum Gasteiger partial charge on any atom is 0.261 e. The van der Waals surface area contributed by atoms with Crippen molar-refractivity contribution < 1.29 is 19.1 Å². The molecule has 2 atom stereocenters. The molecule has 3 rings (SSSR count). The Balaban J connectivity index is 1.93. The first kappa shape index (κ1) is 27.1. The summed E-state index contributed by atoms with van der Waals surface area (Å²) in [5.74, 6) is 0.657. The van der Waals surface area contributed by atoms with E-state index < -0.39 is 6.04 Å². The molecular formula is C29H33ClN2O4. The van der Waals surface area contributed by atoms with Gasteiger partial charge in [-0.25, -0.2) is 0 Å². The first-order chi connectivity index (χ1) is 17.4. The molecule has 0 bridgehead atoms. The lowest BCUT2D eigenvalue weighted by molar-refractivity contribution is -0.143. The van der Waals surface area contributed by atoms with Crippen molar-refractivity contribution in [2.45, 2.75) is 45.3 Å². The number of hydrogen-bond acceptors (Lipinski definition) is 4. The quantitative estimate of drug-likeness (QED) is 0.361. The lowest BCUT2D eigenvalue weighted by Crippen LogP contribution is -2.53. The third kappa shape index (κ3) is 8.02. The van der Waals surface area contributed by atoms with Gasteiger partial charge in [0.2, 0.25) is 5.91 Å². The summed E-state index contributed by atoms with van der Waals surface area (Å²) < 4.78 is 11.1. The van der Waals surface area contributed by atoms with Gasteiger partial charge >= 0.3 is 0 Å². The second kappa shape index (κ2) is 13.5. The van der Waals surface area contributed by atoms with E-state index in [2.05, 4.69) is 5.32 Å². The van der Waals surface area contributed by atoms with Crippen molar-refractivity contribution in [3.63, 3.8) is 0 Å². The average Bonchev–Trinajstić information content (AvgIpc) is 2.89. The van der Waals surface area contributed by atoms with E-state index >= 15 is 0 Å². The number of amides is 2. The lowest BCUT2D eigenvalue weighted by Gasteiger charge is -2.32. The van der Waals surface area contributed by atoms with Crippen LogP contribution in [-0.2, 0) is 22.6 Å². The highest BCUT2D eigenvalue weighted by Crippen LogP contribution is 2.20. The van der Waals surface area contributed by atoms with Crippen molar-refractivity contribution in [1.82, 2.24) is 10.2 Å². The van der Waals surface area contributed by atoms with Crippen LogP contribution in [0, 0.1) is 0 Å². The highest BCUT2D eigenvalue weighted by atomic mass is 35.5. The van der Waals surface area contributed by atoms with E-state index in [-0.39, 0.29) is 31.0 Å². The molecule has 190 valence electrons. The van der Waals surface area contributed by atoms with Gasteiger partial charge in [-0.15, -0.1) is 0 Å². The number of halogens is 1. The van der Waals surface area contributed by atoms with Crippen molar-refractivity contribution in [3.05, 3.63) is 95.0 Å². The number of rotatable bonds is 12. The van der Waals surface area contributed by atoms with Gasteiger partial charge in [-0.3, -0.25) is 9.59 Å². The van der Waals surface area contributed by atoms with E-state index in [1.165, 1.54) is 0 Å². The minimum Gasteiger partial charge on any atom is -0.497 e. The fourth-order valence-electron chi connectivity index (χ4n) is 3.75. The molecule has 36 heavy (non-hydrogen) atoms. The number of ether oxygens (including phenoxy) is 2. The summed E-state index contributed by atoms with van der Waals surface area (Å²) in [6.45, 7) is 3.95. The molecule has 0 aromatic heterocycles. The summed E-state index contributed by atoms with van der Waals surface area (Å²) in [7, 11) is 1.60. The molecule has 0 aliphatic rings. The average molecular weight is 509 g/mol. The molecule has 0 saturated carbocycles. The second-order valence-corrected chi connectivity index (χ2v) is 9.08. The van der Waals surface area contributed by atoms with Gasteiger partial charge in [-0.1, -0.05) is 67.1 Å². The molecule has 0 spiro atoms. The molecule has 0 heterocycles. The van der Waals surface area contributed by atoms with E-state index in [4.69, 9.17) is 21.1 Å². The Kier molecular flexibility index (Phi) is 10.2. The molecule has 0 fully saturated rings. The molecule has 0 saturated heterocycles. The molecule has 3 aromatic carbocycles. The van der Waals surface area contributed by atoms with Crippen molar-refractivity contribution in [3.8, 4) is 11.5 Å². The zero-order chi connectivity index (χ0) is 25.9. The number of benzene rings is 3. The number of methoxy groups -OCH3 is 1. The smallest absolute Gasteiger partial charge is 0.261 e. The van der Waals surface area contributed by atoms with Gasteiger partial charge in [0.25, 0.3) is 5.91 Å². The van der Waals surface area contributed by atoms with Crippen molar-refractivity contribution >= 4 is 23.4 Å². The first-order valence-corrected chi connectivity index (χ1v) is 12.4. The number of nitrogens with one attached hydrogen (secondary N) is 1. The van der Waals surface area contributed by atoms with E-state index in [0.29, 0.717) is 22.9 Å². The summed E-state index contributed by atoms with van der Waals surface area (Å²) in [4.78, 5) is 28.7. The molecule has 2 amide bonds. The first-order valence-electron chi connectivity index (χ1n) is 12.0. The normalized spacial score (nSPS) is 12.3.